The Hall–Kier alpha value is -2.83. The number of aromatic nitrogens is 3. The topological polar surface area (TPSA) is 137 Å². The van der Waals surface area contributed by atoms with Gasteiger partial charge in [0.25, 0.3) is 0 Å². The van der Waals surface area contributed by atoms with E-state index in [-0.39, 0.29) is 0 Å². The molecule has 0 radical (unpaired) electrons. The molecular formula is C35H55N5O10. The molecule has 50 heavy (non-hydrogen) atoms. The molecule has 280 valence electrons. The van der Waals surface area contributed by atoms with E-state index in [4.69, 9.17) is 62.3 Å². The van der Waals surface area contributed by atoms with E-state index in [1.165, 1.54) is 0 Å². The maximum atomic E-state index is 5.93. The van der Waals surface area contributed by atoms with Crippen molar-refractivity contribution in [3.05, 3.63) is 36.4 Å². The summed E-state index contributed by atoms with van der Waals surface area (Å²) in [5.74, 6) is 1.60. The van der Waals surface area contributed by atoms with Crippen molar-refractivity contribution in [2.75, 3.05) is 168 Å². The first-order chi connectivity index (χ1) is 24.8. The first-order valence-electron chi connectivity index (χ1n) is 17.6. The number of benzene rings is 1. The summed E-state index contributed by atoms with van der Waals surface area (Å²) in [7, 11) is 0. The maximum absolute atomic E-state index is 5.93. The molecule has 0 amide bonds. The standard InChI is InChI=1S/C35H55N5O10/c1-2-31-3-5-32(6-4-31)33-36-34(39-7-11-41-15-19-45-23-27-49-28-24-46-20-16-42-12-8-39)38-35(37-33)40-9-13-43-17-21-47-25-29-50-30-26-48-22-18-44-14-10-40/h2-6H,1,7-30H2. The van der Waals surface area contributed by atoms with Gasteiger partial charge in [-0.2, -0.15) is 15.0 Å². The van der Waals surface area contributed by atoms with Crippen molar-refractivity contribution in [2.24, 2.45) is 0 Å². The van der Waals surface area contributed by atoms with E-state index in [0.717, 1.165) is 11.1 Å². The number of hydrogen-bond acceptors (Lipinski definition) is 15. The zero-order chi connectivity index (χ0) is 34.7. The summed E-state index contributed by atoms with van der Waals surface area (Å²) in [6.07, 6.45) is 1.81. The minimum Gasteiger partial charge on any atom is -0.377 e. The van der Waals surface area contributed by atoms with E-state index >= 15 is 0 Å². The first-order valence-corrected chi connectivity index (χ1v) is 17.6. The van der Waals surface area contributed by atoms with Crippen molar-refractivity contribution in [3.8, 4) is 11.4 Å². The Morgan fingerprint density at radius 2 is 0.680 bits per heavy atom. The SMILES string of the molecule is C=Cc1ccc(-c2nc(N3CCOCCOCCOCCOCCOCC3)nc(N3CCOCCOCCOCCOCCOCC3)n2)cc1. The Morgan fingerprint density at radius 1 is 0.400 bits per heavy atom. The number of hydrogen-bond donors (Lipinski definition) is 0. The van der Waals surface area contributed by atoms with Gasteiger partial charge in [-0.15, -0.1) is 0 Å². The van der Waals surface area contributed by atoms with Crippen LogP contribution in [0, 0.1) is 0 Å². The highest BCUT2D eigenvalue weighted by Crippen LogP contribution is 2.22. The Balaban J connectivity index is 1.54. The minimum absolute atomic E-state index is 0.453. The van der Waals surface area contributed by atoms with Crippen LogP contribution in [-0.4, -0.2) is 173 Å². The van der Waals surface area contributed by atoms with Crippen molar-refractivity contribution < 1.29 is 47.4 Å². The highest BCUT2D eigenvalue weighted by molar-refractivity contribution is 5.61. The van der Waals surface area contributed by atoms with Gasteiger partial charge in [-0.05, 0) is 5.56 Å². The van der Waals surface area contributed by atoms with Crippen molar-refractivity contribution in [3.63, 3.8) is 0 Å². The number of ether oxygens (including phenoxy) is 10. The molecule has 0 spiro atoms. The van der Waals surface area contributed by atoms with Gasteiger partial charge < -0.3 is 57.2 Å². The first kappa shape index (κ1) is 39.9. The smallest absolute Gasteiger partial charge is 0.230 e. The molecule has 3 heterocycles. The van der Waals surface area contributed by atoms with Crippen molar-refractivity contribution >= 4 is 18.0 Å². The zero-order valence-corrected chi connectivity index (χ0v) is 29.4. The average molecular weight is 706 g/mol. The molecule has 1 aromatic carbocycles. The molecule has 2 aliphatic rings. The van der Waals surface area contributed by atoms with Gasteiger partial charge in [0.05, 0.1) is 132 Å². The monoisotopic (exact) mass is 705 g/mol. The molecule has 0 N–H and O–H groups in total. The second kappa shape index (κ2) is 26.0. The summed E-state index contributed by atoms with van der Waals surface area (Å²) in [5.41, 5.74) is 1.87. The predicted molar refractivity (Wildman–Crippen MR) is 188 cm³/mol. The van der Waals surface area contributed by atoms with Gasteiger partial charge in [0, 0.05) is 31.7 Å². The third-order valence-electron chi connectivity index (χ3n) is 7.58. The van der Waals surface area contributed by atoms with E-state index in [1.54, 1.807) is 0 Å². The van der Waals surface area contributed by atoms with Crippen molar-refractivity contribution in [2.45, 2.75) is 0 Å². The predicted octanol–water partition coefficient (Wildman–Crippen LogP) is 1.99. The molecule has 0 unspecified atom stereocenters. The molecule has 0 saturated carbocycles. The van der Waals surface area contributed by atoms with Gasteiger partial charge in [0.1, 0.15) is 0 Å². The molecule has 2 saturated heterocycles. The lowest BCUT2D eigenvalue weighted by Crippen LogP contribution is -2.36. The van der Waals surface area contributed by atoms with Gasteiger partial charge >= 0.3 is 0 Å². The Kier molecular flexibility index (Phi) is 20.8. The lowest BCUT2D eigenvalue weighted by molar-refractivity contribution is -0.0117. The fourth-order valence-corrected chi connectivity index (χ4v) is 4.82. The maximum Gasteiger partial charge on any atom is 0.230 e. The molecule has 0 aliphatic carbocycles. The van der Waals surface area contributed by atoms with Crippen LogP contribution >= 0.6 is 0 Å². The minimum atomic E-state index is 0.453. The van der Waals surface area contributed by atoms with Crippen LogP contribution in [0.1, 0.15) is 5.56 Å². The van der Waals surface area contributed by atoms with Gasteiger partial charge in [-0.3, -0.25) is 0 Å². The summed E-state index contributed by atoms with van der Waals surface area (Å²) in [6, 6.07) is 7.98. The highest BCUT2D eigenvalue weighted by Gasteiger charge is 2.19. The zero-order valence-electron chi connectivity index (χ0n) is 29.4. The van der Waals surface area contributed by atoms with Crippen LogP contribution in [0.2, 0.25) is 0 Å². The highest BCUT2D eigenvalue weighted by atomic mass is 16.6. The van der Waals surface area contributed by atoms with E-state index in [1.807, 2.05) is 30.3 Å². The Bertz CT molecular complexity index is 1070. The molecule has 1 aromatic heterocycles. The Morgan fingerprint density at radius 3 is 0.960 bits per heavy atom. The van der Waals surface area contributed by atoms with E-state index in [9.17, 15) is 0 Å². The van der Waals surface area contributed by atoms with Gasteiger partial charge in [0.2, 0.25) is 11.9 Å². The molecule has 0 atom stereocenters. The van der Waals surface area contributed by atoms with Gasteiger partial charge in [-0.25, -0.2) is 0 Å². The second-order valence-corrected chi connectivity index (χ2v) is 11.2. The summed E-state index contributed by atoms with van der Waals surface area (Å²) in [6.45, 7) is 15.7. The van der Waals surface area contributed by atoms with Crippen LogP contribution in [0.15, 0.2) is 30.8 Å². The summed E-state index contributed by atoms with van der Waals surface area (Å²) in [5, 5.41) is 0. The third-order valence-corrected chi connectivity index (χ3v) is 7.58. The molecule has 2 aromatic rings. The second-order valence-electron chi connectivity index (χ2n) is 11.2. The van der Waals surface area contributed by atoms with Crippen LogP contribution < -0.4 is 9.80 Å². The van der Waals surface area contributed by atoms with Gasteiger partial charge in [0.15, 0.2) is 5.82 Å². The van der Waals surface area contributed by atoms with E-state index in [0.29, 0.717) is 176 Å². The third kappa shape index (κ3) is 16.5. The van der Waals surface area contributed by atoms with Gasteiger partial charge in [-0.1, -0.05) is 36.9 Å². The fraction of sp³-hybridized carbons (Fsp3) is 0.686. The molecule has 4 rings (SSSR count). The molecule has 2 fully saturated rings. The number of rotatable bonds is 4. The van der Waals surface area contributed by atoms with E-state index in [2.05, 4.69) is 16.4 Å². The largest absolute Gasteiger partial charge is 0.377 e. The fourth-order valence-electron chi connectivity index (χ4n) is 4.82. The lowest BCUT2D eigenvalue weighted by atomic mass is 10.1. The van der Waals surface area contributed by atoms with Crippen molar-refractivity contribution in [1.82, 2.24) is 15.0 Å². The van der Waals surface area contributed by atoms with Crippen LogP contribution in [0.4, 0.5) is 11.9 Å². The lowest BCUT2D eigenvalue weighted by Gasteiger charge is -2.27. The van der Waals surface area contributed by atoms with E-state index < -0.39 is 0 Å². The summed E-state index contributed by atoms with van der Waals surface area (Å²) < 4.78 is 57.3. The molecular weight excluding hydrogens is 650 g/mol. The van der Waals surface area contributed by atoms with Crippen LogP contribution in [-0.2, 0) is 47.4 Å². The normalized spacial score (nSPS) is 20.9. The molecule has 15 heteroatoms. The van der Waals surface area contributed by atoms with Crippen LogP contribution in [0.25, 0.3) is 17.5 Å². The van der Waals surface area contributed by atoms with Crippen LogP contribution in [0.5, 0.6) is 0 Å². The molecule has 15 nitrogen and oxygen atoms in total. The van der Waals surface area contributed by atoms with Crippen LogP contribution in [0.3, 0.4) is 0 Å². The Labute approximate surface area is 296 Å². The quantitative estimate of drug-likeness (QED) is 0.458. The van der Waals surface area contributed by atoms with Crippen molar-refractivity contribution in [1.29, 1.82) is 0 Å². The molecule has 2 aliphatic heterocycles. The molecule has 0 bridgehead atoms. The summed E-state index contributed by atoms with van der Waals surface area (Å²) >= 11 is 0. The number of nitrogens with zero attached hydrogens (tertiary/aromatic N) is 5. The number of anilines is 2. The average Bonchev–Trinajstić information content (AvgIpc) is 3.14. The summed E-state index contributed by atoms with van der Waals surface area (Å²) in [4.78, 5) is 19.1.